The summed E-state index contributed by atoms with van der Waals surface area (Å²) in [5, 5.41) is 9.02. The maximum atomic E-state index is 12.4. The van der Waals surface area contributed by atoms with Gasteiger partial charge in [0.05, 0.1) is 12.2 Å². The van der Waals surface area contributed by atoms with Gasteiger partial charge in [0.1, 0.15) is 4.90 Å². The molecule has 1 rings (SSSR count). The van der Waals surface area contributed by atoms with Crippen molar-refractivity contribution in [3.05, 3.63) is 24.0 Å². The number of carboxylic acid groups (broad SMARTS) is 1. The lowest BCUT2D eigenvalue weighted by Gasteiger charge is -2.20. The zero-order valence-electron chi connectivity index (χ0n) is 10.7. The molecule has 0 unspecified atom stereocenters. The van der Waals surface area contributed by atoms with Crippen molar-refractivity contribution in [3.63, 3.8) is 0 Å². The number of aromatic carboxylic acids is 1. The number of pyridine rings is 1. The summed E-state index contributed by atoms with van der Waals surface area (Å²) in [6.45, 7) is 2.28. The highest BCUT2D eigenvalue weighted by molar-refractivity contribution is 7.89. The van der Waals surface area contributed by atoms with Crippen LogP contribution in [0.15, 0.2) is 23.4 Å². The minimum Gasteiger partial charge on any atom is -0.478 e. The first-order valence-electron chi connectivity index (χ1n) is 5.61. The topological polar surface area (TPSA) is 96.8 Å². The molecule has 1 aromatic rings. The van der Waals surface area contributed by atoms with E-state index < -0.39 is 16.0 Å². The number of ether oxygens (including phenoxy) is 1. The minimum absolute atomic E-state index is 0.156. The fraction of sp³-hybridized carbons (Fsp3) is 0.455. The molecule has 19 heavy (non-hydrogen) atoms. The number of nitrogens with zero attached hydrogens (tertiary/aromatic N) is 2. The molecule has 0 saturated carbocycles. The van der Waals surface area contributed by atoms with Crippen LogP contribution in [0.1, 0.15) is 17.3 Å². The molecule has 0 fully saturated rings. The van der Waals surface area contributed by atoms with E-state index in [1.807, 2.05) is 0 Å². The minimum atomic E-state index is -3.89. The zero-order chi connectivity index (χ0) is 14.5. The van der Waals surface area contributed by atoms with Crippen LogP contribution in [0.3, 0.4) is 0 Å². The van der Waals surface area contributed by atoms with E-state index in [0.717, 1.165) is 10.5 Å². The summed E-state index contributed by atoms with van der Waals surface area (Å²) in [6, 6.07) is 1.17. The van der Waals surface area contributed by atoms with Crippen LogP contribution in [-0.2, 0) is 14.8 Å². The molecule has 0 aliphatic carbocycles. The summed E-state index contributed by atoms with van der Waals surface area (Å²) in [6.07, 6.45) is 2.29. The average Bonchev–Trinajstić information content (AvgIpc) is 2.39. The Hall–Kier alpha value is -1.51. The Kier molecular flexibility index (Phi) is 5.40. The Morgan fingerprint density at radius 1 is 1.53 bits per heavy atom. The number of hydrogen-bond donors (Lipinski definition) is 1. The van der Waals surface area contributed by atoms with E-state index in [1.165, 1.54) is 19.4 Å². The van der Waals surface area contributed by atoms with Gasteiger partial charge in [0.15, 0.2) is 0 Å². The van der Waals surface area contributed by atoms with Crippen LogP contribution in [0.4, 0.5) is 0 Å². The van der Waals surface area contributed by atoms with Gasteiger partial charge in [-0.2, -0.15) is 4.31 Å². The van der Waals surface area contributed by atoms with Crippen molar-refractivity contribution in [3.8, 4) is 0 Å². The number of sulfonamides is 1. The van der Waals surface area contributed by atoms with Gasteiger partial charge < -0.3 is 9.84 Å². The second-order valence-corrected chi connectivity index (χ2v) is 5.57. The van der Waals surface area contributed by atoms with Crippen molar-refractivity contribution in [1.29, 1.82) is 0 Å². The highest BCUT2D eigenvalue weighted by atomic mass is 32.2. The van der Waals surface area contributed by atoms with Gasteiger partial charge in [0.25, 0.3) is 0 Å². The summed E-state index contributed by atoms with van der Waals surface area (Å²) in [5.74, 6) is -1.30. The number of carboxylic acids is 1. The maximum Gasteiger partial charge on any atom is 0.337 e. The van der Waals surface area contributed by atoms with Gasteiger partial charge in [0, 0.05) is 32.6 Å². The number of hydrogen-bond acceptors (Lipinski definition) is 5. The molecule has 106 valence electrons. The molecule has 0 saturated heterocycles. The molecule has 1 N–H and O–H groups in total. The maximum absolute atomic E-state index is 12.4. The van der Waals surface area contributed by atoms with Crippen LogP contribution in [0.25, 0.3) is 0 Å². The molecular weight excluding hydrogens is 272 g/mol. The normalized spacial score (nSPS) is 11.7. The third-order valence-electron chi connectivity index (χ3n) is 2.53. The largest absolute Gasteiger partial charge is 0.478 e. The SMILES string of the molecule is CCN(CCOC)S(=O)(=O)c1cnccc1C(=O)O. The summed E-state index contributed by atoms with van der Waals surface area (Å²) in [5.41, 5.74) is -0.286. The van der Waals surface area contributed by atoms with Crippen LogP contribution in [0, 0.1) is 0 Å². The fourth-order valence-electron chi connectivity index (χ4n) is 1.54. The quantitative estimate of drug-likeness (QED) is 0.782. The van der Waals surface area contributed by atoms with Crippen LogP contribution in [0.2, 0.25) is 0 Å². The van der Waals surface area contributed by atoms with Gasteiger partial charge in [-0.05, 0) is 6.07 Å². The van der Waals surface area contributed by atoms with Crippen molar-refractivity contribution >= 4 is 16.0 Å². The van der Waals surface area contributed by atoms with Crippen LogP contribution in [0.5, 0.6) is 0 Å². The van der Waals surface area contributed by atoms with Gasteiger partial charge in [-0.3, -0.25) is 4.98 Å². The second-order valence-electron chi connectivity index (χ2n) is 3.67. The summed E-state index contributed by atoms with van der Waals surface area (Å²) >= 11 is 0. The average molecular weight is 288 g/mol. The van der Waals surface area contributed by atoms with Crippen molar-refractivity contribution in [2.45, 2.75) is 11.8 Å². The number of aromatic nitrogens is 1. The summed E-state index contributed by atoms with van der Waals surface area (Å²) in [7, 11) is -2.42. The molecule has 0 aliphatic rings. The molecule has 0 amide bonds. The molecule has 8 heteroatoms. The van der Waals surface area contributed by atoms with Crippen LogP contribution in [-0.4, -0.2) is 55.6 Å². The predicted molar refractivity (Wildman–Crippen MR) is 67.5 cm³/mol. The zero-order valence-corrected chi connectivity index (χ0v) is 11.6. The monoisotopic (exact) mass is 288 g/mol. The van der Waals surface area contributed by atoms with Crippen molar-refractivity contribution in [2.24, 2.45) is 0 Å². The van der Waals surface area contributed by atoms with Gasteiger partial charge in [0.2, 0.25) is 10.0 Å². The Morgan fingerprint density at radius 2 is 2.21 bits per heavy atom. The smallest absolute Gasteiger partial charge is 0.337 e. The molecule has 0 atom stereocenters. The Balaban J connectivity index is 3.22. The number of carbonyl (C=O) groups is 1. The lowest BCUT2D eigenvalue weighted by Crippen LogP contribution is -2.34. The van der Waals surface area contributed by atoms with Crippen molar-refractivity contribution < 1.29 is 23.1 Å². The van der Waals surface area contributed by atoms with Crippen LogP contribution >= 0.6 is 0 Å². The van der Waals surface area contributed by atoms with Gasteiger partial charge in [-0.15, -0.1) is 0 Å². The third kappa shape index (κ3) is 3.49. The molecule has 0 bridgehead atoms. The number of likely N-dealkylation sites (N-methyl/N-ethyl adjacent to an activating group) is 1. The molecule has 0 spiro atoms. The Labute approximate surface area is 111 Å². The Bertz CT molecular complexity index is 544. The first kappa shape index (κ1) is 15.5. The standard InChI is InChI=1S/C11H16N2O5S/c1-3-13(6-7-18-2)19(16,17)10-8-12-5-4-9(10)11(14)15/h4-5,8H,3,6-7H2,1-2H3,(H,14,15). The molecule has 0 aliphatic heterocycles. The fourth-order valence-corrected chi connectivity index (χ4v) is 3.10. The number of methoxy groups -OCH3 is 1. The van der Waals surface area contributed by atoms with Crippen molar-refractivity contribution in [1.82, 2.24) is 9.29 Å². The number of rotatable bonds is 7. The first-order valence-corrected chi connectivity index (χ1v) is 7.05. The molecule has 0 aromatic carbocycles. The van der Waals surface area contributed by atoms with E-state index in [-0.39, 0.29) is 30.2 Å². The summed E-state index contributed by atoms with van der Waals surface area (Å²) in [4.78, 5) is 14.4. The second kappa shape index (κ2) is 6.60. The molecule has 7 nitrogen and oxygen atoms in total. The highest BCUT2D eigenvalue weighted by Gasteiger charge is 2.28. The van der Waals surface area contributed by atoms with Crippen LogP contribution < -0.4 is 0 Å². The predicted octanol–water partition coefficient (Wildman–Crippen LogP) is 0.437. The van der Waals surface area contributed by atoms with Crippen molar-refractivity contribution in [2.75, 3.05) is 26.8 Å². The first-order chi connectivity index (χ1) is 8.95. The molecule has 0 radical (unpaired) electrons. The Morgan fingerprint density at radius 3 is 2.74 bits per heavy atom. The van der Waals surface area contributed by atoms with E-state index >= 15 is 0 Å². The van der Waals surface area contributed by atoms with E-state index in [4.69, 9.17) is 9.84 Å². The molecule has 1 aromatic heterocycles. The lowest BCUT2D eigenvalue weighted by molar-refractivity contribution is 0.0692. The van der Waals surface area contributed by atoms with Gasteiger partial charge in [-0.1, -0.05) is 6.92 Å². The van der Waals surface area contributed by atoms with E-state index in [1.54, 1.807) is 6.92 Å². The lowest BCUT2D eigenvalue weighted by atomic mass is 10.3. The van der Waals surface area contributed by atoms with Gasteiger partial charge in [-0.25, -0.2) is 13.2 Å². The molecular formula is C11H16N2O5S. The third-order valence-corrected chi connectivity index (χ3v) is 4.53. The molecule has 1 heterocycles. The highest BCUT2D eigenvalue weighted by Crippen LogP contribution is 2.19. The van der Waals surface area contributed by atoms with E-state index in [0.29, 0.717) is 0 Å². The summed E-state index contributed by atoms with van der Waals surface area (Å²) < 4.78 is 30.7. The van der Waals surface area contributed by atoms with E-state index in [2.05, 4.69) is 4.98 Å². The van der Waals surface area contributed by atoms with Gasteiger partial charge >= 0.3 is 5.97 Å². The van der Waals surface area contributed by atoms with E-state index in [9.17, 15) is 13.2 Å².